The van der Waals surface area contributed by atoms with Crippen molar-refractivity contribution in [3.63, 3.8) is 0 Å². The number of fused-ring (bicyclic) bond motifs is 9. The van der Waals surface area contributed by atoms with Crippen LogP contribution in [-0.4, -0.2) is 57.5 Å². The first-order valence-electron chi connectivity index (χ1n) is 15.3. The minimum atomic E-state index is -0.510. The molecule has 2 saturated carbocycles. The smallest absolute Gasteiger partial charge is 0.305 e. The van der Waals surface area contributed by atoms with Gasteiger partial charge >= 0.3 is 4.87 Å². The number of aromatic nitrogens is 1. The summed E-state index contributed by atoms with van der Waals surface area (Å²) in [5, 5.41) is 12.0. The maximum atomic E-state index is 14.0. The molecular formula is C32H30N4O7S2. The van der Waals surface area contributed by atoms with E-state index in [1.807, 2.05) is 29.2 Å². The Balaban J connectivity index is 1.10. The van der Waals surface area contributed by atoms with Gasteiger partial charge in [0.15, 0.2) is 6.61 Å². The molecule has 3 aliphatic heterocycles. The number of ether oxygens (including phenoxy) is 1. The predicted octanol–water partition coefficient (Wildman–Crippen LogP) is 4.41. The van der Waals surface area contributed by atoms with Crippen LogP contribution in [0.1, 0.15) is 42.0 Å². The molecule has 3 amide bonds. The van der Waals surface area contributed by atoms with Gasteiger partial charge in [-0.25, -0.2) is 0 Å². The molecule has 45 heavy (non-hydrogen) atoms. The van der Waals surface area contributed by atoms with E-state index in [0.29, 0.717) is 11.4 Å². The number of benzene rings is 2. The molecule has 11 nitrogen and oxygen atoms in total. The second-order valence-electron chi connectivity index (χ2n) is 12.5. The van der Waals surface area contributed by atoms with Crippen LogP contribution < -0.4 is 14.5 Å². The van der Waals surface area contributed by atoms with Crippen LogP contribution in [0.3, 0.4) is 0 Å². The molecular weight excluding hydrogens is 617 g/mol. The van der Waals surface area contributed by atoms with Crippen molar-refractivity contribution in [1.29, 1.82) is 0 Å². The van der Waals surface area contributed by atoms with Crippen LogP contribution in [0.15, 0.2) is 58.4 Å². The number of nitrogens with zero attached hydrogens (tertiary/aromatic N) is 3. The van der Waals surface area contributed by atoms with Gasteiger partial charge in [0.1, 0.15) is 5.75 Å². The van der Waals surface area contributed by atoms with E-state index in [1.165, 1.54) is 40.5 Å². The van der Waals surface area contributed by atoms with Crippen molar-refractivity contribution in [2.45, 2.75) is 41.9 Å². The third kappa shape index (κ3) is 4.53. The Bertz CT molecular complexity index is 1780. The fourth-order valence-corrected chi connectivity index (χ4v) is 11.4. The van der Waals surface area contributed by atoms with Crippen LogP contribution in [0.25, 0.3) is 0 Å². The maximum Gasteiger partial charge on any atom is 0.305 e. The third-order valence-corrected chi connectivity index (χ3v) is 12.9. The molecule has 1 N–H and O–H groups in total. The molecule has 2 aliphatic carbocycles. The minimum Gasteiger partial charge on any atom is -0.484 e. The molecule has 1 aromatic heterocycles. The number of non-ortho nitro benzene ring substituents is 1. The summed E-state index contributed by atoms with van der Waals surface area (Å²) in [5.41, 5.74) is 1.20. The van der Waals surface area contributed by atoms with Crippen LogP contribution in [0.2, 0.25) is 0 Å². The summed E-state index contributed by atoms with van der Waals surface area (Å²) < 4.78 is 6.00. The van der Waals surface area contributed by atoms with Crippen molar-refractivity contribution in [3.8, 4) is 5.75 Å². The molecule has 4 fully saturated rings. The van der Waals surface area contributed by atoms with Crippen molar-refractivity contribution < 1.29 is 24.0 Å². The number of carbonyl (C=O) groups excluding carboxylic acids is 3. The Labute approximate surface area is 266 Å². The van der Waals surface area contributed by atoms with Crippen LogP contribution in [0.4, 0.5) is 11.4 Å². The number of aromatic amines is 1. The van der Waals surface area contributed by atoms with Crippen molar-refractivity contribution in [1.82, 2.24) is 9.88 Å². The lowest BCUT2D eigenvalue weighted by molar-refractivity contribution is -0.384. The van der Waals surface area contributed by atoms with E-state index in [1.54, 1.807) is 11.8 Å². The number of nitro groups is 1. The Kier molecular flexibility index (Phi) is 6.86. The molecule has 232 valence electrons. The van der Waals surface area contributed by atoms with Gasteiger partial charge in [-0.1, -0.05) is 23.5 Å². The summed E-state index contributed by atoms with van der Waals surface area (Å²) in [6.07, 6.45) is 3.91. The maximum absolute atomic E-state index is 14.0. The van der Waals surface area contributed by atoms with E-state index in [4.69, 9.17) is 4.74 Å². The monoisotopic (exact) mass is 646 g/mol. The van der Waals surface area contributed by atoms with E-state index >= 15 is 0 Å². The van der Waals surface area contributed by atoms with E-state index in [9.17, 15) is 29.3 Å². The lowest BCUT2D eigenvalue weighted by atomic mass is 9.68. The molecule has 5 aliphatic rings. The van der Waals surface area contributed by atoms with Gasteiger partial charge in [-0.05, 0) is 73.3 Å². The highest BCUT2D eigenvalue weighted by Crippen LogP contribution is 2.68. The van der Waals surface area contributed by atoms with Gasteiger partial charge in [-0.2, -0.15) is 0 Å². The topological polar surface area (TPSA) is 143 Å². The average molecular weight is 647 g/mol. The molecule has 4 heterocycles. The van der Waals surface area contributed by atoms with Crippen LogP contribution in [0, 0.1) is 39.7 Å². The largest absolute Gasteiger partial charge is 0.484 e. The number of nitro benzene ring substituents is 1. The van der Waals surface area contributed by atoms with Crippen molar-refractivity contribution in [2.75, 3.05) is 24.6 Å². The van der Waals surface area contributed by atoms with E-state index in [-0.39, 0.29) is 63.8 Å². The van der Waals surface area contributed by atoms with Gasteiger partial charge in [0, 0.05) is 41.3 Å². The quantitative estimate of drug-likeness (QED) is 0.236. The Morgan fingerprint density at radius 1 is 1.00 bits per heavy atom. The lowest BCUT2D eigenvalue weighted by Crippen LogP contribution is -2.42. The number of anilines is 1. The summed E-state index contributed by atoms with van der Waals surface area (Å²) in [5.74, 6) is -1.18. The number of hydrogen-bond acceptors (Lipinski definition) is 9. The van der Waals surface area contributed by atoms with Crippen LogP contribution in [-0.2, 0) is 14.4 Å². The third-order valence-electron chi connectivity index (χ3n) is 10.3. The number of likely N-dealkylation sites (tertiary alicyclic amines) is 1. The molecule has 0 spiro atoms. The highest BCUT2D eigenvalue weighted by Gasteiger charge is 2.69. The van der Waals surface area contributed by atoms with Gasteiger partial charge < -0.3 is 14.6 Å². The van der Waals surface area contributed by atoms with E-state index in [2.05, 4.69) is 4.98 Å². The van der Waals surface area contributed by atoms with Crippen LogP contribution >= 0.6 is 23.1 Å². The van der Waals surface area contributed by atoms with Gasteiger partial charge in [-0.15, -0.1) is 11.8 Å². The van der Waals surface area contributed by atoms with Crippen LogP contribution in [0.5, 0.6) is 5.75 Å². The number of thiazole rings is 1. The Hall–Kier alpha value is -3.97. The van der Waals surface area contributed by atoms with Crippen molar-refractivity contribution in [3.05, 3.63) is 78.8 Å². The number of amides is 3. The summed E-state index contributed by atoms with van der Waals surface area (Å²) in [7, 11) is 0. The van der Waals surface area contributed by atoms with Gasteiger partial charge in [-0.3, -0.25) is 34.2 Å². The highest BCUT2D eigenvalue weighted by atomic mass is 32.2. The van der Waals surface area contributed by atoms with Gasteiger partial charge in [0.05, 0.1) is 27.5 Å². The number of rotatable bonds is 6. The van der Waals surface area contributed by atoms with Gasteiger partial charge in [0.25, 0.3) is 11.6 Å². The molecule has 2 saturated heterocycles. The first-order chi connectivity index (χ1) is 21.8. The molecule has 2 aromatic carbocycles. The molecule has 8 rings (SSSR count). The zero-order valence-electron chi connectivity index (χ0n) is 24.1. The zero-order valence-corrected chi connectivity index (χ0v) is 25.8. The number of nitrogens with one attached hydrogen (secondary N) is 1. The summed E-state index contributed by atoms with van der Waals surface area (Å²) >= 11 is 2.80. The molecule has 13 heteroatoms. The number of carbonyl (C=O) groups is 3. The fraction of sp³-hybridized carbons (Fsp3) is 0.438. The lowest BCUT2D eigenvalue weighted by Gasteiger charge is -2.43. The molecule has 2 bridgehead atoms. The Morgan fingerprint density at radius 2 is 1.73 bits per heavy atom. The molecule has 7 atom stereocenters. The number of hydrogen-bond donors (Lipinski definition) is 1. The summed E-state index contributed by atoms with van der Waals surface area (Å²) in [6.45, 7) is 1.48. The highest BCUT2D eigenvalue weighted by molar-refractivity contribution is 8.00. The second kappa shape index (κ2) is 10.8. The molecule has 0 unspecified atom stereocenters. The Morgan fingerprint density at radius 3 is 2.47 bits per heavy atom. The first-order valence-corrected chi connectivity index (χ1v) is 17.0. The zero-order chi connectivity index (χ0) is 31.0. The van der Waals surface area contributed by atoms with E-state index < -0.39 is 16.8 Å². The fourth-order valence-electron chi connectivity index (χ4n) is 8.55. The average Bonchev–Trinajstić information content (AvgIpc) is 3.79. The number of H-pyrrole nitrogens is 1. The van der Waals surface area contributed by atoms with Crippen molar-refractivity contribution >= 4 is 52.2 Å². The SMILES string of the molecule is O=C(COc1cccc([C@@H]2c3sc(=O)[nH]c3S[C@@H]3[C@@H]4C[C@@H]([C@@H]5C(=O)N(c6ccc([N+](=O)[O-])cc6)C(=O)[C@@H]45)[C@H]23)c1)N1CCCCC1. The molecule has 0 radical (unpaired) electrons. The second-order valence-corrected chi connectivity index (χ2v) is 14.8. The predicted molar refractivity (Wildman–Crippen MR) is 166 cm³/mol. The minimum absolute atomic E-state index is 0.0130. The van der Waals surface area contributed by atoms with E-state index in [0.717, 1.165) is 54.2 Å². The normalized spacial score (nSPS) is 29.8. The first kappa shape index (κ1) is 28.5. The van der Waals surface area contributed by atoms with Crippen molar-refractivity contribution in [2.24, 2.45) is 29.6 Å². The number of thioether (sulfide) groups is 1. The molecule has 3 aromatic rings. The number of imide groups is 1. The number of piperidine rings is 1. The summed E-state index contributed by atoms with van der Waals surface area (Å²) in [4.78, 5) is 70.7. The van der Waals surface area contributed by atoms with Gasteiger partial charge in [0.2, 0.25) is 11.8 Å². The standard InChI is InChI=1S/C32H30N4O7S2/c37-22(34-11-2-1-3-12-34)15-43-19-6-4-5-16(13-19)23-24-20-14-21(27(24)44-29-28(23)45-32(40)33-29)26-25(20)30(38)35(31(26)39)17-7-9-18(10-8-17)36(41)42/h4-10,13,20-21,23-27H,1-3,11-12,14-15H2,(H,33,40)/t20-,21-,23+,24-,25+,26+,27-/m1/s1. The summed E-state index contributed by atoms with van der Waals surface area (Å²) in [6, 6.07) is 13.2.